The lowest BCUT2D eigenvalue weighted by Gasteiger charge is -2.36. The van der Waals surface area contributed by atoms with Crippen LogP contribution in [0.1, 0.15) is 31.7 Å². The van der Waals surface area contributed by atoms with Crippen molar-refractivity contribution < 1.29 is 5.11 Å². The van der Waals surface area contributed by atoms with Gasteiger partial charge in [0.2, 0.25) is 0 Å². The van der Waals surface area contributed by atoms with Gasteiger partial charge in [-0.25, -0.2) is 0 Å². The van der Waals surface area contributed by atoms with Crippen LogP contribution < -0.4 is 10.6 Å². The highest BCUT2D eigenvalue weighted by molar-refractivity contribution is 5.69. The average molecular weight is 220 g/mol. The Hall–Kier alpha value is -1.22. The summed E-state index contributed by atoms with van der Waals surface area (Å²) in [6.07, 6.45) is 3.79. The SMILES string of the molecule is CC1CCCCN1c1ccc(CO)cc1N. The predicted molar refractivity (Wildman–Crippen MR) is 67.4 cm³/mol. The summed E-state index contributed by atoms with van der Waals surface area (Å²) < 4.78 is 0. The van der Waals surface area contributed by atoms with Gasteiger partial charge in [-0.15, -0.1) is 0 Å². The molecule has 88 valence electrons. The van der Waals surface area contributed by atoms with Gasteiger partial charge in [0.15, 0.2) is 0 Å². The third-order valence-corrected chi connectivity index (χ3v) is 3.39. The van der Waals surface area contributed by atoms with Gasteiger partial charge < -0.3 is 15.7 Å². The third kappa shape index (κ3) is 2.14. The van der Waals surface area contributed by atoms with Crippen molar-refractivity contribution >= 4 is 11.4 Å². The molecule has 1 saturated heterocycles. The van der Waals surface area contributed by atoms with Crippen LogP contribution in [0.15, 0.2) is 18.2 Å². The molecule has 1 aliphatic heterocycles. The molecule has 3 N–H and O–H groups in total. The summed E-state index contributed by atoms with van der Waals surface area (Å²) in [5.41, 5.74) is 8.81. The van der Waals surface area contributed by atoms with Gasteiger partial charge in [0, 0.05) is 12.6 Å². The number of piperidine rings is 1. The Morgan fingerprint density at radius 1 is 1.44 bits per heavy atom. The molecule has 16 heavy (non-hydrogen) atoms. The van der Waals surface area contributed by atoms with Crippen molar-refractivity contribution in [1.82, 2.24) is 0 Å². The van der Waals surface area contributed by atoms with Crippen LogP contribution in [0.2, 0.25) is 0 Å². The number of aliphatic hydroxyl groups is 1. The first-order valence-electron chi connectivity index (χ1n) is 5.98. The summed E-state index contributed by atoms with van der Waals surface area (Å²) >= 11 is 0. The first-order chi connectivity index (χ1) is 7.72. The molecule has 1 aromatic carbocycles. The molecule has 3 nitrogen and oxygen atoms in total. The summed E-state index contributed by atoms with van der Waals surface area (Å²) in [5, 5.41) is 9.05. The molecule has 1 atom stereocenters. The molecule has 1 heterocycles. The van der Waals surface area contributed by atoms with E-state index in [1.165, 1.54) is 19.3 Å². The molecular weight excluding hydrogens is 200 g/mol. The van der Waals surface area contributed by atoms with E-state index in [1.807, 2.05) is 18.2 Å². The zero-order valence-electron chi connectivity index (χ0n) is 9.82. The maximum Gasteiger partial charge on any atom is 0.0682 e. The molecular formula is C13H20N2O. The Kier molecular flexibility index (Phi) is 3.34. The molecule has 1 unspecified atom stereocenters. The quantitative estimate of drug-likeness (QED) is 0.751. The number of nitrogens with two attached hydrogens (primary N) is 1. The van der Waals surface area contributed by atoms with Gasteiger partial charge in [-0.3, -0.25) is 0 Å². The fraction of sp³-hybridized carbons (Fsp3) is 0.538. The maximum absolute atomic E-state index is 9.05. The van der Waals surface area contributed by atoms with E-state index >= 15 is 0 Å². The largest absolute Gasteiger partial charge is 0.397 e. The van der Waals surface area contributed by atoms with Gasteiger partial charge in [0.1, 0.15) is 0 Å². The lowest BCUT2D eigenvalue weighted by atomic mass is 10.0. The lowest BCUT2D eigenvalue weighted by molar-refractivity contribution is 0.282. The van der Waals surface area contributed by atoms with Crippen molar-refractivity contribution in [1.29, 1.82) is 0 Å². The summed E-state index contributed by atoms with van der Waals surface area (Å²) in [6.45, 7) is 3.39. The number of hydrogen-bond donors (Lipinski definition) is 2. The zero-order chi connectivity index (χ0) is 11.5. The Bertz CT molecular complexity index is 365. The second-order valence-electron chi connectivity index (χ2n) is 4.59. The normalized spacial score (nSPS) is 21.1. The van der Waals surface area contributed by atoms with Gasteiger partial charge in [-0.2, -0.15) is 0 Å². The van der Waals surface area contributed by atoms with E-state index in [2.05, 4.69) is 11.8 Å². The van der Waals surface area contributed by atoms with Crippen LogP contribution in [0.3, 0.4) is 0 Å². The Balaban J connectivity index is 2.25. The fourth-order valence-corrected chi connectivity index (χ4v) is 2.42. The van der Waals surface area contributed by atoms with E-state index in [-0.39, 0.29) is 6.61 Å². The van der Waals surface area contributed by atoms with Gasteiger partial charge in [0.05, 0.1) is 18.0 Å². The molecule has 0 amide bonds. The number of nitrogen functional groups attached to an aromatic ring is 1. The summed E-state index contributed by atoms with van der Waals surface area (Å²) in [5.74, 6) is 0. The maximum atomic E-state index is 9.05. The highest BCUT2D eigenvalue weighted by atomic mass is 16.3. The molecule has 0 aromatic heterocycles. The van der Waals surface area contributed by atoms with E-state index in [0.717, 1.165) is 23.5 Å². The van der Waals surface area contributed by atoms with E-state index < -0.39 is 0 Å². The van der Waals surface area contributed by atoms with Crippen molar-refractivity contribution in [3.05, 3.63) is 23.8 Å². The highest BCUT2D eigenvalue weighted by Crippen LogP contribution is 2.30. The topological polar surface area (TPSA) is 49.5 Å². The molecule has 0 bridgehead atoms. The third-order valence-electron chi connectivity index (χ3n) is 3.39. The van der Waals surface area contributed by atoms with Crippen LogP contribution in [0, 0.1) is 0 Å². The zero-order valence-corrected chi connectivity index (χ0v) is 9.82. The van der Waals surface area contributed by atoms with Crippen molar-refractivity contribution in [3.63, 3.8) is 0 Å². The number of anilines is 2. The van der Waals surface area contributed by atoms with Crippen molar-refractivity contribution in [2.24, 2.45) is 0 Å². The molecule has 1 aliphatic rings. The van der Waals surface area contributed by atoms with Crippen molar-refractivity contribution in [3.8, 4) is 0 Å². The molecule has 1 aromatic rings. The molecule has 1 fully saturated rings. The van der Waals surface area contributed by atoms with E-state index in [1.54, 1.807) is 0 Å². The summed E-state index contributed by atoms with van der Waals surface area (Å²) in [4.78, 5) is 2.37. The average Bonchev–Trinajstić information content (AvgIpc) is 2.30. The second kappa shape index (κ2) is 4.74. The van der Waals surface area contributed by atoms with E-state index in [4.69, 9.17) is 10.8 Å². The minimum atomic E-state index is 0.0556. The first kappa shape index (κ1) is 11.3. The number of hydrogen-bond acceptors (Lipinski definition) is 3. The van der Waals surface area contributed by atoms with Crippen LogP contribution in [-0.2, 0) is 6.61 Å². The summed E-state index contributed by atoms with van der Waals surface area (Å²) in [6, 6.07) is 6.42. The Labute approximate surface area is 96.9 Å². The number of nitrogens with zero attached hydrogens (tertiary/aromatic N) is 1. The summed E-state index contributed by atoms with van der Waals surface area (Å²) in [7, 11) is 0. The number of aliphatic hydroxyl groups excluding tert-OH is 1. The van der Waals surface area contributed by atoms with Gasteiger partial charge in [0.25, 0.3) is 0 Å². The standard InChI is InChI=1S/C13H20N2O/c1-10-4-2-3-7-15(10)13-6-5-11(9-16)8-12(13)14/h5-6,8,10,16H,2-4,7,9,14H2,1H3. The van der Waals surface area contributed by atoms with Crippen LogP contribution >= 0.6 is 0 Å². The second-order valence-corrected chi connectivity index (χ2v) is 4.59. The smallest absolute Gasteiger partial charge is 0.0682 e. The van der Waals surface area contributed by atoms with Gasteiger partial charge in [-0.05, 0) is 43.9 Å². The molecule has 0 aliphatic carbocycles. The van der Waals surface area contributed by atoms with Crippen LogP contribution in [0.25, 0.3) is 0 Å². The van der Waals surface area contributed by atoms with Crippen molar-refractivity contribution in [2.75, 3.05) is 17.2 Å². The van der Waals surface area contributed by atoms with Gasteiger partial charge >= 0.3 is 0 Å². The molecule has 2 rings (SSSR count). The molecule has 0 saturated carbocycles. The number of benzene rings is 1. The minimum Gasteiger partial charge on any atom is -0.397 e. The minimum absolute atomic E-state index is 0.0556. The monoisotopic (exact) mass is 220 g/mol. The van der Waals surface area contributed by atoms with Crippen molar-refractivity contribution in [2.45, 2.75) is 38.8 Å². The molecule has 3 heteroatoms. The fourth-order valence-electron chi connectivity index (χ4n) is 2.42. The first-order valence-corrected chi connectivity index (χ1v) is 5.98. The molecule has 0 spiro atoms. The van der Waals surface area contributed by atoms with Crippen LogP contribution in [-0.4, -0.2) is 17.7 Å². The van der Waals surface area contributed by atoms with Crippen LogP contribution in [0.4, 0.5) is 11.4 Å². The van der Waals surface area contributed by atoms with Crippen LogP contribution in [0.5, 0.6) is 0 Å². The van der Waals surface area contributed by atoms with E-state index in [0.29, 0.717) is 6.04 Å². The van der Waals surface area contributed by atoms with E-state index in [9.17, 15) is 0 Å². The highest BCUT2D eigenvalue weighted by Gasteiger charge is 2.20. The van der Waals surface area contributed by atoms with Gasteiger partial charge in [-0.1, -0.05) is 6.07 Å². The molecule has 0 radical (unpaired) electrons. The number of rotatable bonds is 2. The predicted octanol–water partition coefficient (Wildman–Crippen LogP) is 2.14. The Morgan fingerprint density at radius 2 is 2.25 bits per heavy atom. The lowest BCUT2D eigenvalue weighted by Crippen LogP contribution is -2.37. The Morgan fingerprint density at radius 3 is 2.88 bits per heavy atom.